The first-order chi connectivity index (χ1) is 34.6. The van der Waals surface area contributed by atoms with Crippen molar-refractivity contribution in [3.05, 3.63) is 42.0 Å². The summed E-state index contributed by atoms with van der Waals surface area (Å²) in [4.78, 5) is 124. The Morgan fingerprint density at radius 2 is 1.53 bits per heavy atom. The second-order valence-electron chi connectivity index (χ2n) is 20.4. The minimum absolute atomic E-state index is 0.0439. The van der Waals surface area contributed by atoms with Crippen molar-refractivity contribution in [2.24, 2.45) is 17.8 Å². The Morgan fingerprint density at radius 1 is 0.863 bits per heavy atom. The van der Waals surface area contributed by atoms with Crippen LogP contribution in [-0.4, -0.2) is 176 Å². The molecule has 3 aliphatic rings. The fourth-order valence-corrected chi connectivity index (χ4v) is 10.2. The van der Waals surface area contributed by atoms with Crippen LogP contribution in [-0.2, 0) is 63.8 Å². The molecule has 4 rings (SSSR count). The molecule has 20 nitrogen and oxygen atoms in total. The number of hydrogen-bond donors (Lipinski definition) is 4. The van der Waals surface area contributed by atoms with Crippen LogP contribution in [0.25, 0.3) is 0 Å². The molecule has 406 valence electrons. The van der Waals surface area contributed by atoms with Crippen molar-refractivity contribution in [2.45, 2.75) is 154 Å². The number of anilines is 1. The van der Waals surface area contributed by atoms with E-state index in [1.807, 2.05) is 46.6 Å². The first kappa shape index (κ1) is 59.8. The van der Waals surface area contributed by atoms with Crippen LogP contribution in [0.2, 0.25) is 0 Å². The summed E-state index contributed by atoms with van der Waals surface area (Å²) in [5.74, 6) is -4.33. The van der Waals surface area contributed by atoms with Gasteiger partial charge in [-0.15, -0.1) is 0 Å². The highest BCUT2D eigenvalue weighted by Gasteiger charge is 2.46. The summed E-state index contributed by atoms with van der Waals surface area (Å²) in [7, 11) is 7.88. The Labute approximate surface area is 431 Å². The van der Waals surface area contributed by atoms with Gasteiger partial charge >= 0.3 is 5.97 Å². The average molecular weight is 1020 g/mol. The second-order valence-corrected chi connectivity index (χ2v) is 20.4. The highest BCUT2D eigenvalue weighted by molar-refractivity contribution is 6.12. The first-order valence-corrected chi connectivity index (χ1v) is 25.8. The Hall–Kier alpha value is -5.73. The quantitative estimate of drug-likeness (QED) is 0.0537. The van der Waals surface area contributed by atoms with Crippen LogP contribution < -0.4 is 21.3 Å². The number of carbonyl (C=O) groups is 9. The molecule has 0 radical (unpaired) electrons. The fraction of sp³-hybridized carbons (Fsp3) is 0.679. The second kappa shape index (κ2) is 28.1. The standard InChI is InChI=1S/C53H82N8O12/c1-12-34(4)47(59(8)50(68)46(33(2)3)57-52(70)53(6)26-17-27-58(53)7)40(71-9)31-45(66)60-29-16-18-39(60)48(72-10)35(5)49(67)56-38(51(69)73-11)30-36-20-22-37(23-21-36)55-42(63)32-54-41(62)19-14-13-15-28-61-43(64)24-25-44(61)65/h20-25,33-35,38-40,46-48H,12-19,26-32H2,1-11H3,(H,54,62)(H,55,63)(H,56,67)(H,57,70)/t34?,35?,38?,39-,40?,46?,47?,48?,53+/m0/s1. The molecule has 7 unspecified atom stereocenters. The molecule has 0 saturated carbocycles. The van der Waals surface area contributed by atoms with Crippen LogP contribution in [0.3, 0.4) is 0 Å². The molecule has 0 aromatic heterocycles. The summed E-state index contributed by atoms with van der Waals surface area (Å²) in [6.07, 6.45) is 6.48. The largest absolute Gasteiger partial charge is 0.467 e. The van der Waals surface area contributed by atoms with Crippen molar-refractivity contribution < 1.29 is 57.4 Å². The van der Waals surface area contributed by atoms with Crippen molar-refractivity contribution in [2.75, 3.05) is 66.9 Å². The number of likely N-dealkylation sites (N-methyl/N-ethyl adjacent to an activating group) is 2. The van der Waals surface area contributed by atoms with Crippen LogP contribution >= 0.6 is 0 Å². The van der Waals surface area contributed by atoms with Gasteiger partial charge in [0.15, 0.2) is 0 Å². The van der Waals surface area contributed by atoms with E-state index in [2.05, 4.69) is 21.3 Å². The first-order valence-electron chi connectivity index (χ1n) is 25.8. The van der Waals surface area contributed by atoms with Gasteiger partial charge in [-0.2, -0.15) is 0 Å². The van der Waals surface area contributed by atoms with Crippen molar-refractivity contribution in [3.8, 4) is 0 Å². The molecule has 1 aromatic rings. The Morgan fingerprint density at radius 3 is 2.11 bits per heavy atom. The van der Waals surface area contributed by atoms with Gasteiger partial charge in [0.2, 0.25) is 35.4 Å². The monoisotopic (exact) mass is 1020 g/mol. The number of carbonyl (C=O) groups excluding carboxylic acids is 9. The van der Waals surface area contributed by atoms with Gasteiger partial charge in [-0.3, -0.25) is 48.2 Å². The fourth-order valence-electron chi connectivity index (χ4n) is 10.2. The number of hydrogen-bond acceptors (Lipinski definition) is 13. The van der Waals surface area contributed by atoms with E-state index >= 15 is 0 Å². The van der Waals surface area contributed by atoms with E-state index in [1.54, 1.807) is 48.0 Å². The normalized spacial score (nSPS) is 20.7. The molecule has 3 heterocycles. The van der Waals surface area contributed by atoms with Crippen molar-refractivity contribution in [3.63, 3.8) is 0 Å². The van der Waals surface area contributed by atoms with Gasteiger partial charge in [0.05, 0.1) is 55.8 Å². The summed E-state index contributed by atoms with van der Waals surface area (Å²) in [6, 6.07) is 3.82. The maximum atomic E-state index is 14.4. The number of amides is 8. The summed E-state index contributed by atoms with van der Waals surface area (Å²) in [5.41, 5.74) is 0.391. The number of benzene rings is 1. The molecule has 0 spiro atoms. The lowest BCUT2D eigenvalue weighted by atomic mass is 9.89. The maximum absolute atomic E-state index is 14.4. The SMILES string of the molecule is CCC(C)C(C(CC(=O)N1CCC[C@H]1C(OC)C(C)C(=O)NC(Cc1ccc(NC(=O)CNC(=O)CCCCCN2C(=O)C=CC2=O)cc1)C(=O)OC)OC)N(C)C(=O)C(NC(=O)[C@@]1(C)CCCN1C)C(C)C. The molecule has 2 fully saturated rings. The van der Waals surface area contributed by atoms with Gasteiger partial charge in [-0.1, -0.05) is 59.6 Å². The zero-order valence-corrected chi connectivity index (χ0v) is 45.0. The molecular weight excluding hydrogens is 941 g/mol. The number of methoxy groups -OCH3 is 3. The molecule has 0 bridgehead atoms. The molecule has 8 amide bonds. The van der Waals surface area contributed by atoms with Gasteiger partial charge in [0.25, 0.3) is 11.8 Å². The number of likely N-dealkylation sites (tertiary alicyclic amines) is 2. The number of unbranched alkanes of at least 4 members (excludes halogenated alkanes) is 2. The van der Waals surface area contributed by atoms with Gasteiger partial charge < -0.3 is 45.3 Å². The zero-order chi connectivity index (χ0) is 54.2. The minimum Gasteiger partial charge on any atom is -0.467 e. The highest BCUT2D eigenvalue weighted by Crippen LogP contribution is 2.31. The van der Waals surface area contributed by atoms with E-state index in [1.165, 1.54) is 33.5 Å². The van der Waals surface area contributed by atoms with Gasteiger partial charge in [0, 0.05) is 65.0 Å². The number of nitrogens with one attached hydrogen (secondary N) is 4. The highest BCUT2D eigenvalue weighted by atomic mass is 16.5. The molecule has 9 atom stereocenters. The van der Waals surface area contributed by atoms with Gasteiger partial charge in [-0.25, -0.2) is 4.79 Å². The number of esters is 1. The predicted octanol–water partition coefficient (Wildman–Crippen LogP) is 2.97. The topological polar surface area (TPSA) is 242 Å². The molecule has 1 aromatic carbocycles. The third kappa shape index (κ3) is 15.9. The predicted molar refractivity (Wildman–Crippen MR) is 273 cm³/mol. The smallest absolute Gasteiger partial charge is 0.328 e. The number of ether oxygens (including phenoxy) is 3. The summed E-state index contributed by atoms with van der Waals surface area (Å²) >= 11 is 0. The average Bonchev–Trinajstić information content (AvgIpc) is 4.09. The molecular formula is C53H82N8O12. The summed E-state index contributed by atoms with van der Waals surface area (Å²) in [6.45, 7) is 12.7. The van der Waals surface area contributed by atoms with E-state index in [0.29, 0.717) is 62.7 Å². The Bertz CT molecular complexity index is 2120. The molecule has 3 aliphatic heterocycles. The van der Waals surface area contributed by atoms with E-state index in [0.717, 1.165) is 17.9 Å². The Balaban J connectivity index is 1.33. The Kier molecular flexibility index (Phi) is 23.0. The lowest BCUT2D eigenvalue weighted by Crippen LogP contribution is -2.61. The minimum atomic E-state index is -1.08. The van der Waals surface area contributed by atoms with Crippen molar-refractivity contribution in [1.29, 1.82) is 0 Å². The van der Waals surface area contributed by atoms with Crippen LogP contribution in [0.5, 0.6) is 0 Å². The molecule has 0 aliphatic carbocycles. The van der Waals surface area contributed by atoms with E-state index in [-0.39, 0.29) is 79.6 Å². The van der Waals surface area contributed by atoms with Crippen molar-refractivity contribution >= 4 is 58.9 Å². The summed E-state index contributed by atoms with van der Waals surface area (Å²) < 4.78 is 17.1. The lowest BCUT2D eigenvalue weighted by molar-refractivity contribution is -0.149. The van der Waals surface area contributed by atoms with Gasteiger partial charge in [0.1, 0.15) is 12.1 Å². The lowest BCUT2D eigenvalue weighted by Gasteiger charge is -2.41. The molecule has 2 saturated heterocycles. The number of imide groups is 1. The van der Waals surface area contributed by atoms with E-state index in [9.17, 15) is 43.2 Å². The van der Waals surface area contributed by atoms with Crippen LogP contribution in [0.15, 0.2) is 36.4 Å². The third-order valence-corrected chi connectivity index (χ3v) is 15.1. The van der Waals surface area contributed by atoms with Gasteiger partial charge in [-0.05, 0) is 88.6 Å². The number of nitrogens with zero attached hydrogens (tertiary/aromatic N) is 4. The van der Waals surface area contributed by atoms with Crippen molar-refractivity contribution in [1.82, 2.24) is 35.6 Å². The summed E-state index contributed by atoms with van der Waals surface area (Å²) in [5, 5.41) is 11.2. The van der Waals surface area contributed by atoms with E-state index in [4.69, 9.17) is 14.2 Å². The van der Waals surface area contributed by atoms with Crippen LogP contribution in [0.4, 0.5) is 5.69 Å². The number of rotatable bonds is 28. The molecule has 73 heavy (non-hydrogen) atoms. The van der Waals surface area contributed by atoms with E-state index < -0.39 is 65.6 Å². The maximum Gasteiger partial charge on any atom is 0.328 e. The van der Waals surface area contributed by atoms with Crippen LogP contribution in [0.1, 0.15) is 111 Å². The molecule has 4 N–H and O–H groups in total. The molecule has 20 heteroatoms. The third-order valence-electron chi connectivity index (χ3n) is 15.1. The van der Waals surface area contributed by atoms with Crippen LogP contribution in [0, 0.1) is 17.8 Å². The zero-order valence-electron chi connectivity index (χ0n) is 45.0.